The largest absolute Gasteiger partial charge is 0.493 e. The van der Waals surface area contributed by atoms with E-state index >= 15 is 0 Å². The van der Waals surface area contributed by atoms with E-state index in [4.69, 9.17) is 10.5 Å². The molecule has 0 radical (unpaired) electrons. The fourth-order valence-electron chi connectivity index (χ4n) is 3.71. The van der Waals surface area contributed by atoms with Gasteiger partial charge in [-0.05, 0) is 23.6 Å². The second-order valence-electron chi connectivity index (χ2n) is 7.18. The SMILES string of the molecule is Cn1cc(CN2CCC(N)C2)c(C(=O)NCc2ccc3c(c2)CCO3)n1. The Bertz CT molecular complexity index is 816. The molecule has 3 heterocycles. The third-order valence-corrected chi connectivity index (χ3v) is 5.03. The number of carbonyl (C=O) groups is 1. The van der Waals surface area contributed by atoms with Crippen molar-refractivity contribution >= 4 is 5.91 Å². The van der Waals surface area contributed by atoms with Crippen LogP contribution in [0.25, 0.3) is 0 Å². The molecular formula is C19H25N5O2. The maximum absolute atomic E-state index is 12.7. The molecule has 2 aromatic rings. The van der Waals surface area contributed by atoms with Crippen molar-refractivity contribution in [1.29, 1.82) is 0 Å². The fraction of sp³-hybridized carbons (Fsp3) is 0.474. The lowest BCUT2D eigenvalue weighted by atomic mass is 10.1. The summed E-state index contributed by atoms with van der Waals surface area (Å²) in [6.07, 6.45) is 3.86. The molecule has 1 fully saturated rings. The van der Waals surface area contributed by atoms with Gasteiger partial charge in [0.05, 0.1) is 6.61 Å². The van der Waals surface area contributed by atoms with Gasteiger partial charge in [-0.25, -0.2) is 0 Å². The summed E-state index contributed by atoms with van der Waals surface area (Å²) < 4.78 is 7.23. The van der Waals surface area contributed by atoms with E-state index in [2.05, 4.69) is 21.4 Å². The van der Waals surface area contributed by atoms with E-state index in [1.54, 1.807) is 4.68 Å². The van der Waals surface area contributed by atoms with E-state index in [1.807, 2.05) is 25.4 Å². The van der Waals surface area contributed by atoms with Crippen LogP contribution in [0.4, 0.5) is 0 Å². The standard InChI is InChI=1S/C19H25N5O2/c1-23-10-15(11-24-6-4-16(20)12-24)18(22-23)19(25)21-9-13-2-3-17-14(8-13)5-7-26-17/h2-3,8,10,16H,4-7,9,11-12,20H2,1H3,(H,21,25). The molecule has 26 heavy (non-hydrogen) atoms. The number of hydrogen-bond donors (Lipinski definition) is 2. The highest BCUT2D eigenvalue weighted by Gasteiger charge is 2.23. The summed E-state index contributed by atoms with van der Waals surface area (Å²) >= 11 is 0. The number of rotatable bonds is 5. The average molecular weight is 355 g/mol. The molecule has 7 heteroatoms. The molecule has 0 aliphatic carbocycles. The molecular weight excluding hydrogens is 330 g/mol. The molecule has 1 atom stereocenters. The van der Waals surface area contributed by atoms with Gasteiger partial charge < -0.3 is 15.8 Å². The highest BCUT2D eigenvalue weighted by atomic mass is 16.5. The minimum atomic E-state index is -0.138. The number of nitrogens with one attached hydrogen (secondary N) is 1. The molecule has 1 saturated heterocycles. The van der Waals surface area contributed by atoms with Crippen molar-refractivity contribution in [2.24, 2.45) is 12.8 Å². The van der Waals surface area contributed by atoms with Crippen LogP contribution in [-0.4, -0.2) is 46.3 Å². The second-order valence-corrected chi connectivity index (χ2v) is 7.18. The Balaban J connectivity index is 1.41. The number of benzene rings is 1. The number of fused-ring (bicyclic) bond motifs is 1. The first kappa shape index (κ1) is 17.1. The van der Waals surface area contributed by atoms with Gasteiger partial charge in [0.15, 0.2) is 5.69 Å². The molecule has 1 aromatic heterocycles. The van der Waals surface area contributed by atoms with E-state index in [0.717, 1.165) is 49.4 Å². The predicted octanol–water partition coefficient (Wildman–Crippen LogP) is 0.818. The van der Waals surface area contributed by atoms with Crippen molar-refractivity contribution in [3.05, 3.63) is 46.8 Å². The Morgan fingerprint density at radius 3 is 3.15 bits per heavy atom. The quantitative estimate of drug-likeness (QED) is 0.829. The lowest BCUT2D eigenvalue weighted by molar-refractivity contribution is 0.0943. The number of aromatic nitrogens is 2. The molecule has 1 amide bonds. The Labute approximate surface area is 153 Å². The number of nitrogens with zero attached hydrogens (tertiary/aromatic N) is 3. The van der Waals surface area contributed by atoms with Gasteiger partial charge >= 0.3 is 0 Å². The van der Waals surface area contributed by atoms with Crippen LogP contribution >= 0.6 is 0 Å². The molecule has 0 saturated carbocycles. The summed E-state index contributed by atoms with van der Waals surface area (Å²) in [7, 11) is 1.84. The molecule has 4 rings (SSSR count). The predicted molar refractivity (Wildman–Crippen MR) is 97.9 cm³/mol. The zero-order valence-corrected chi connectivity index (χ0v) is 15.1. The fourth-order valence-corrected chi connectivity index (χ4v) is 3.71. The van der Waals surface area contributed by atoms with Crippen LogP contribution in [0.1, 0.15) is 33.6 Å². The normalized spacial score (nSPS) is 19.4. The summed E-state index contributed by atoms with van der Waals surface area (Å²) in [6.45, 7) is 3.77. The number of ether oxygens (including phenoxy) is 1. The lowest BCUT2D eigenvalue weighted by Gasteiger charge is -2.14. The maximum atomic E-state index is 12.7. The van der Waals surface area contributed by atoms with Crippen molar-refractivity contribution in [2.45, 2.75) is 32.0 Å². The summed E-state index contributed by atoms with van der Waals surface area (Å²) in [6, 6.07) is 6.31. The van der Waals surface area contributed by atoms with Gasteiger partial charge in [0.2, 0.25) is 0 Å². The maximum Gasteiger partial charge on any atom is 0.272 e. The number of amides is 1. The number of aryl methyl sites for hydroxylation is 1. The third-order valence-electron chi connectivity index (χ3n) is 5.03. The van der Waals surface area contributed by atoms with Gasteiger partial charge in [0, 0.05) is 57.4 Å². The molecule has 0 spiro atoms. The smallest absolute Gasteiger partial charge is 0.272 e. The number of carbonyl (C=O) groups excluding carboxylic acids is 1. The van der Waals surface area contributed by atoms with E-state index in [0.29, 0.717) is 18.8 Å². The Hall–Kier alpha value is -2.38. The van der Waals surface area contributed by atoms with Crippen molar-refractivity contribution in [3.63, 3.8) is 0 Å². The molecule has 2 aliphatic rings. The van der Waals surface area contributed by atoms with Crippen molar-refractivity contribution in [1.82, 2.24) is 20.0 Å². The zero-order valence-electron chi connectivity index (χ0n) is 15.1. The van der Waals surface area contributed by atoms with Crippen LogP contribution in [0, 0.1) is 0 Å². The number of likely N-dealkylation sites (tertiary alicyclic amines) is 1. The summed E-state index contributed by atoms with van der Waals surface area (Å²) in [4.78, 5) is 14.9. The van der Waals surface area contributed by atoms with Gasteiger partial charge in [-0.2, -0.15) is 5.10 Å². The van der Waals surface area contributed by atoms with E-state index in [1.165, 1.54) is 5.56 Å². The molecule has 0 bridgehead atoms. The first-order chi connectivity index (χ1) is 12.6. The van der Waals surface area contributed by atoms with Crippen molar-refractivity contribution in [3.8, 4) is 5.75 Å². The van der Waals surface area contributed by atoms with Crippen molar-refractivity contribution in [2.75, 3.05) is 19.7 Å². The molecule has 138 valence electrons. The number of nitrogens with two attached hydrogens (primary N) is 1. The van der Waals surface area contributed by atoms with Gasteiger partial charge in [0.25, 0.3) is 5.91 Å². The van der Waals surface area contributed by atoms with Crippen LogP contribution in [0.15, 0.2) is 24.4 Å². The van der Waals surface area contributed by atoms with Crippen molar-refractivity contribution < 1.29 is 9.53 Å². The minimum absolute atomic E-state index is 0.138. The molecule has 1 aromatic carbocycles. The van der Waals surface area contributed by atoms with Gasteiger partial charge in [-0.15, -0.1) is 0 Å². The molecule has 3 N–H and O–H groups in total. The summed E-state index contributed by atoms with van der Waals surface area (Å²) in [5.74, 6) is 0.816. The molecule has 1 unspecified atom stereocenters. The van der Waals surface area contributed by atoms with Crippen LogP contribution in [0.2, 0.25) is 0 Å². The van der Waals surface area contributed by atoms with Crippen LogP contribution < -0.4 is 15.8 Å². The Kier molecular flexibility index (Phi) is 4.65. The average Bonchev–Trinajstić information content (AvgIpc) is 3.33. The first-order valence-corrected chi connectivity index (χ1v) is 9.12. The van der Waals surface area contributed by atoms with Gasteiger partial charge in [-0.1, -0.05) is 12.1 Å². The molecule has 7 nitrogen and oxygen atoms in total. The highest BCUT2D eigenvalue weighted by molar-refractivity contribution is 5.93. The van der Waals surface area contributed by atoms with Crippen LogP contribution in [0.3, 0.4) is 0 Å². The van der Waals surface area contributed by atoms with E-state index in [9.17, 15) is 4.79 Å². The lowest BCUT2D eigenvalue weighted by Crippen LogP contribution is -2.28. The van der Waals surface area contributed by atoms with Crippen LogP contribution in [0.5, 0.6) is 5.75 Å². The second kappa shape index (κ2) is 7.09. The van der Waals surface area contributed by atoms with Gasteiger partial charge in [0.1, 0.15) is 5.75 Å². The minimum Gasteiger partial charge on any atom is -0.493 e. The number of hydrogen-bond acceptors (Lipinski definition) is 5. The topological polar surface area (TPSA) is 85.4 Å². The van der Waals surface area contributed by atoms with Gasteiger partial charge in [-0.3, -0.25) is 14.4 Å². The Morgan fingerprint density at radius 2 is 2.35 bits per heavy atom. The van der Waals surface area contributed by atoms with E-state index < -0.39 is 0 Å². The molecule has 2 aliphatic heterocycles. The van der Waals surface area contributed by atoms with Crippen LogP contribution in [-0.2, 0) is 26.6 Å². The first-order valence-electron chi connectivity index (χ1n) is 9.12. The summed E-state index contributed by atoms with van der Waals surface area (Å²) in [5, 5.41) is 7.36. The zero-order chi connectivity index (χ0) is 18.1. The highest BCUT2D eigenvalue weighted by Crippen LogP contribution is 2.25. The monoisotopic (exact) mass is 355 g/mol. The Morgan fingerprint density at radius 1 is 1.46 bits per heavy atom. The third kappa shape index (κ3) is 3.59. The summed E-state index contributed by atoms with van der Waals surface area (Å²) in [5.41, 5.74) is 9.71. The van der Waals surface area contributed by atoms with E-state index in [-0.39, 0.29) is 11.9 Å².